The average molecular weight is 195 g/mol. The summed E-state index contributed by atoms with van der Waals surface area (Å²) in [5.74, 6) is 1.12. The molecule has 0 aliphatic carbocycles. The van der Waals surface area contributed by atoms with Crippen LogP contribution in [0.15, 0.2) is 12.4 Å². The number of nitrogens with two attached hydrogens (primary N) is 1. The van der Waals surface area contributed by atoms with Crippen molar-refractivity contribution >= 4 is 0 Å². The molecule has 0 spiro atoms. The fourth-order valence-corrected chi connectivity index (χ4v) is 1.55. The van der Waals surface area contributed by atoms with E-state index < -0.39 is 0 Å². The number of aryl methyl sites for hydroxylation is 1. The quantitative estimate of drug-likeness (QED) is 0.705. The van der Waals surface area contributed by atoms with Gasteiger partial charge in [-0.05, 0) is 13.3 Å². The van der Waals surface area contributed by atoms with Crippen LogP contribution < -0.4 is 5.73 Å². The second kappa shape index (κ2) is 5.81. The molecule has 2 N–H and O–H groups in total. The van der Waals surface area contributed by atoms with E-state index in [4.69, 9.17) is 5.73 Å². The van der Waals surface area contributed by atoms with Gasteiger partial charge >= 0.3 is 0 Å². The molecule has 0 aromatic carbocycles. The second-order valence-electron chi connectivity index (χ2n) is 3.93. The van der Waals surface area contributed by atoms with Crippen molar-refractivity contribution in [1.29, 1.82) is 0 Å². The molecule has 0 saturated heterocycles. The highest BCUT2D eigenvalue weighted by molar-refractivity contribution is 4.94. The normalized spacial score (nSPS) is 13.1. The summed E-state index contributed by atoms with van der Waals surface area (Å²) in [6.45, 7) is 5.32. The van der Waals surface area contributed by atoms with Crippen molar-refractivity contribution in [3.63, 3.8) is 0 Å². The molecule has 14 heavy (non-hydrogen) atoms. The molecule has 1 rings (SSSR count). The molecule has 80 valence electrons. The van der Waals surface area contributed by atoms with Crippen molar-refractivity contribution in [3.8, 4) is 0 Å². The van der Waals surface area contributed by atoms with Gasteiger partial charge in [0.25, 0.3) is 0 Å². The molecule has 0 amide bonds. The number of aromatic nitrogens is 2. The molecule has 1 atom stereocenters. The van der Waals surface area contributed by atoms with Crippen molar-refractivity contribution < 1.29 is 0 Å². The van der Waals surface area contributed by atoms with Crippen molar-refractivity contribution in [3.05, 3.63) is 18.2 Å². The highest BCUT2D eigenvalue weighted by Crippen LogP contribution is 2.04. The van der Waals surface area contributed by atoms with E-state index in [-0.39, 0.29) is 6.04 Å². The molecule has 3 heteroatoms. The number of hydrogen-bond acceptors (Lipinski definition) is 2. The predicted octanol–water partition coefficient (Wildman–Crippen LogP) is 1.96. The van der Waals surface area contributed by atoms with Gasteiger partial charge in [-0.3, -0.25) is 0 Å². The van der Waals surface area contributed by atoms with E-state index in [9.17, 15) is 0 Å². The van der Waals surface area contributed by atoms with Crippen LogP contribution in [0, 0.1) is 0 Å². The Hall–Kier alpha value is -0.830. The first-order valence-corrected chi connectivity index (χ1v) is 5.49. The first kappa shape index (κ1) is 11.2. The highest BCUT2D eigenvalue weighted by Gasteiger charge is 2.04. The van der Waals surface area contributed by atoms with E-state index in [0.717, 1.165) is 18.8 Å². The third-order valence-corrected chi connectivity index (χ3v) is 2.31. The zero-order valence-corrected chi connectivity index (χ0v) is 9.24. The molecular weight excluding hydrogens is 174 g/mol. The molecule has 0 aliphatic rings. The number of hydrogen-bond donors (Lipinski definition) is 1. The van der Waals surface area contributed by atoms with E-state index in [0.29, 0.717) is 0 Å². The van der Waals surface area contributed by atoms with Crippen LogP contribution in [0.25, 0.3) is 0 Å². The molecule has 0 radical (unpaired) electrons. The van der Waals surface area contributed by atoms with Gasteiger partial charge < -0.3 is 10.3 Å². The Morgan fingerprint density at radius 1 is 1.50 bits per heavy atom. The minimum atomic E-state index is 0.197. The third kappa shape index (κ3) is 3.50. The number of rotatable bonds is 6. The van der Waals surface area contributed by atoms with Crippen molar-refractivity contribution in [2.45, 2.75) is 52.1 Å². The molecule has 0 fully saturated rings. The first-order chi connectivity index (χ1) is 6.74. The molecule has 0 aliphatic heterocycles. The van der Waals surface area contributed by atoms with Crippen molar-refractivity contribution in [2.24, 2.45) is 5.73 Å². The van der Waals surface area contributed by atoms with Crippen LogP contribution in [0.4, 0.5) is 0 Å². The predicted molar refractivity (Wildman–Crippen MR) is 59.1 cm³/mol. The lowest BCUT2D eigenvalue weighted by Gasteiger charge is -2.08. The van der Waals surface area contributed by atoms with Gasteiger partial charge in [0.15, 0.2) is 0 Å². The maximum absolute atomic E-state index is 5.75. The molecule has 1 heterocycles. The Labute approximate surface area is 86.3 Å². The summed E-state index contributed by atoms with van der Waals surface area (Å²) in [6, 6.07) is 0.197. The van der Waals surface area contributed by atoms with Crippen LogP contribution in [0.2, 0.25) is 0 Å². The minimum absolute atomic E-state index is 0.197. The summed E-state index contributed by atoms with van der Waals surface area (Å²) in [5, 5.41) is 0. The number of imidazole rings is 1. The van der Waals surface area contributed by atoms with Gasteiger partial charge in [0.2, 0.25) is 0 Å². The first-order valence-electron chi connectivity index (χ1n) is 5.49. The van der Waals surface area contributed by atoms with Gasteiger partial charge in [-0.15, -0.1) is 0 Å². The van der Waals surface area contributed by atoms with Crippen LogP contribution in [0.5, 0.6) is 0 Å². The molecular formula is C11H21N3. The van der Waals surface area contributed by atoms with Crippen LogP contribution in [-0.4, -0.2) is 15.6 Å². The zero-order chi connectivity index (χ0) is 10.4. The van der Waals surface area contributed by atoms with Gasteiger partial charge in [0.05, 0.1) is 0 Å². The summed E-state index contributed by atoms with van der Waals surface area (Å²) in [4.78, 5) is 4.32. The van der Waals surface area contributed by atoms with Crippen molar-refractivity contribution in [2.75, 3.05) is 0 Å². The summed E-state index contributed by atoms with van der Waals surface area (Å²) < 4.78 is 2.22. The van der Waals surface area contributed by atoms with Crippen LogP contribution in [0.1, 0.15) is 38.9 Å². The molecule has 0 bridgehead atoms. The summed E-state index contributed by atoms with van der Waals surface area (Å²) in [7, 11) is 0. The lowest BCUT2D eigenvalue weighted by Crippen LogP contribution is -2.20. The SMILES string of the molecule is CCCCCn1ccnc1CC(C)N. The second-order valence-corrected chi connectivity index (χ2v) is 3.93. The van der Waals surface area contributed by atoms with Crippen molar-refractivity contribution in [1.82, 2.24) is 9.55 Å². The van der Waals surface area contributed by atoms with Gasteiger partial charge in [-0.2, -0.15) is 0 Å². The van der Waals surface area contributed by atoms with Gasteiger partial charge in [-0.25, -0.2) is 4.98 Å². The maximum Gasteiger partial charge on any atom is 0.110 e. The topological polar surface area (TPSA) is 43.8 Å². The van der Waals surface area contributed by atoms with Crippen LogP contribution in [0.3, 0.4) is 0 Å². The van der Waals surface area contributed by atoms with Crippen LogP contribution >= 0.6 is 0 Å². The number of nitrogens with zero attached hydrogens (tertiary/aromatic N) is 2. The fourth-order valence-electron chi connectivity index (χ4n) is 1.55. The van der Waals surface area contributed by atoms with Gasteiger partial charge in [0, 0.05) is 31.4 Å². The molecule has 0 saturated carbocycles. The summed E-state index contributed by atoms with van der Waals surface area (Å²) in [5.41, 5.74) is 5.75. The van der Waals surface area contributed by atoms with Gasteiger partial charge in [0.1, 0.15) is 5.82 Å². The Kier molecular flexibility index (Phi) is 4.66. The van der Waals surface area contributed by atoms with Crippen LogP contribution in [-0.2, 0) is 13.0 Å². The van der Waals surface area contributed by atoms with Gasteiger partial charge in [-0.1, -0.05) is 19.8 Å². The molecule has 1 aromatic heterocycles. The summed E-state index contributed by atoms with van der Waals surface area (Å²) >= 11 is 0. The van der Waals surface area contributed by atoms with E-state index >= 15 is 0 Å². The van der Waals surface area contributed by atoms with E-state index in [1.165, 1.54) is 19.3 Å². The Balaban J connectivity index is 2.45. The largest absolute Gasteiger partial charge is 0.335 e. The van der Waals surface area contributed by atoms with E-state index in [2.05, 4.69) is 16.5 Å². The smallest absolute Gasteiger partial charge is 0.110 e. The summed E-state index contributed by atoms with van der Waals surface area (Å²) in [6.07, 6.45) is 8.57. The Morgan fingerprint density at radius 2 is 2.29 bits per heavy atom. The lowest BCUT2D eigenvalue weighted by atomic mass is 10.2. The molecule has 3 nitrogen and oxygen atoms in total. The third-order valence-electron chi connectivity index (χ3n) is 2.31. The Morgan fingerprint density at radius 3 is 2.93 bits per heavy atom. The van der Waals surface area contributed by atoms with E-state index in [1.54, 1.807) is 0 Å². The lowest BCUT2D eigenvalue weighted by molar-refractivity contribution is 0.565. The Bertz CT molecular complexity index is 253. The fraction of sp³-hybridized carbons (Fsp3) is 0.727. The molecule has 1 aromatic rings. The standard InChI is InChI=1S/C11H21N3/c1-3-4-5-7-14-8-6-13-11(14)9-10(2)12/h6,8,10H,3-5,7,9,12H2,1-2H3. The zero-order valence-electron chi connectivity index (χ0n) is 9.24. The molecule has 1 unspecified atom stereocenters. The highest BCUT2D eigenvalue weighted by atomic mass is 15.1. The number of unbranched alkanes of at least 4 members (excludes halogenated alkanes) is 2. The maximum atomic E-state index is 5.75. The average Bonchev–Trinajstić information content (AvgIpc) is 2.52. The minimum Gasteiger partial charge on any atom is -0.335 e. The monoisotopic (exact) mass is 195 g/mol. The van der Waals surface area contributed by atoms with E-state index in [1.807, 2.05) is 19.3 Å².